The number of likely N-dealkylation sites (tertiary alicyclic amines) is 1. The number of rotatable bonds is 5. The summed E-state index contributed by atoms with van der Waals surface area (Å²) in [4.78, 5) is 18.2. The first-order chi connectivity index (χ1) is 12.7. The molecule has 0 saturated carbocycles. The zero-order valence-electron chi connectivity index (χ0n) is 16.1. The third kappa shape index (κ3) is 5.69. The monoisotopic (exact) mass is 491 g/mol. The van der Waals surface area contributed by atoms with Gasteiger partial charge >= 0.3 is 6.09 Å². The molecule has 152 valence electrons. The summed E-state index contributed by atoms with van der Waals surface area (Å²) in [6, 6.07) is 0.294. The van der Waals surface area contributed by atoms with Crippen molar-refractivity contribution in [2.75, 3.05) is 26.2 Å². The fourth-order valence-corrected chi connectivity index (χ4v) is 3.41. The van der Waals surface area contributed by atoms with Crippen LogP contribution in [0.5, 0.6) is 0 Å². The second-order valence-corrected chi connectivity index (χ2v) is 6.59. The minimum absolute atomic E-state index is 0. The van der Waals surface area contributed by atoms with E-state index in [9.17, 15) is 4.79 Å². The largest absolute Gasteiger partial charge is 0.450 e. The maximum absolute atomic E-state index is 11.8. The standard InChI is InChI=1S/C17H29N7O2.HI/c1-3-18-16(19-12-15-22-21-14-6-5-9-24(14)15)20-13-7-10-23(11-8-13)17(25)26-4-2;/h13H,3-12H2,1-2H3,(H2,18,19,20);1H. The van der Waals surface area contributed by atoms with Crippen LogP contribution in [0.15, 0.2) is 4.99 Å². The molecule has 0 spiro atoms. The Labute approximate surface area is 177 Å². The molecule has 0 bridgehead atoms. The predicted molar refractivity (Wildman–Crippen MR) is 113 cm³/mol. The molecule has 1 amide bonds. The van der Waals surface area contributed by atoms with E-state index in [1.54, 1.807) is 4.90 Å². The molecular weight excluding hydrogens is 461 g/mol. The normalized spacial score (nSPS) is 17.3. The summed E-state index contributed by atoms with van der Waals surface area (Å²) in [5.74, 6) is 2.78. The van der Waals surface area contributed by atoms with Gasteiger partial charge in [0.15, 0.2) is 11.8 Å². The number of piperidine rings is 1. The van der Waals surface area contributed by atoms with Crippen molar-refractivity contribution in [1.82, 2.24) is 30.3 Å². The van der Waals surface area contributed by atoms with Crippen molar-refractivity contribution in [3.05, 3.63) is 11.6 Å². The Balaban J connectivity index is 0.00000261. The molecule has 0 unspecified atom stereocenters. The summed E-state index contributed by atoms with van der Waals surface area (Å²) in [5.41, 5.74) is 0. The maximum Gasteiger partial charge on any atom is 0.409 e. The maximum atomic E-state index is 11.8. The smallest absolute Gasteiger partial charge is 0.409 e. The number of halogens is 1. The highest BCUT2D eigenvalue weighted by Gasteiger charge is 2.24. The van der Waals surface area contributed by atoms with Gasteiger partial charge < -0.3 is 24.8 Å². The van der Waals surface area contributed by atoms with Crippen molar-refractivity contribution in [1.29, 1.82) is 0 Å². The molecule has 9 nitrogen and oxygen atoms in total. The molecule has 27 heavy (non-hydrogen) atoms. The second-order valence-electron chi connectivity index (χ2n) is 6.59. The van der Waals surface area contributed by atoms with E-state index < -0.39 is 0 Å². The van der Waals surface area contributed by atoms with Gasteiger partial charge in [0.1, 0.15) is 12.4 Å². The summed E-state index contributed by atoms with van der Waals surface area (Å²) < 4.78 is 7.24. The van der Waals surface area contributed by atoms with Crippen molar-refractivity contribution in [3.8, 4) is 0 Å². The highest BCUT2D eigenvalue weighted by molar-refractivity contribution is 14.0. The minimum Gasteiger partial charge on any atom is -0.450 e. The Bertz CT molecular complexity index is 641. The number of hydrogen-bond acceptors (Lipinski definition) is 5. The molecule has 1 aromatic rings. The van der Waals surface area contributed by atoms with Crippen LogP contribution in [0.25, 0.3) is 0 Å². The van der Waals surface area contributed by atoms with Gasteiger partial charge in [-0.05, 0) is 33.1 Å². The first-order valence-electron chi connectivity index (χ1n) is 9.58. The third-order valence-electron chi connectivity index (χ3n) is 4.77. The van der Waals surface area contributed by atoms with Crippen molar-refractivity contribution in [2.24, 2.45) is 4.99 Å². The summed E-state index contributed by atoms with van der Waals surface area (Å²) >= 11 is 0. The molecule has 3 rings (SSSR count). The predicted octanol–water partition coefficient (Wildman–Crippen LogP) is 1.52. The van der Waals surface area contributed by atoms with Crippen molar-refractivity contribution in [2.45, 2.75) is 58.7 Å². The highest BCUT2D eigenvalue weighted by Crippen LogP contribution is 2.15. The Hall–Kier alpha value is -1.59. The van der Waals surface area contributed by atoms with Gasteiger partial charge in [-0.3, -0.25) is 0 Å². The van der Waals surface area contributed by atoms with Gasteiger partial charge in [-0.1, -0.05) is 0 Å². The van der Waals surface area contributed by atoms with E-state index in [2.05, 4.69) is 37.3 Å². The van der Waals surface area contributed by atoms with E-state index in [-0.39, 0.29) is 30.1 Å². The fourth-order valence-electron chi connectivity index (χ4n) is 3.41. The van der Waals surface area contributed by atoms with Crippen molar-refractivity contribution in [3.63, 3.8) is 0 Å². The Kier molecular flexibility index (Phi) is 8.58. The van der Waals surface area contributed by atoms with Gasteiger partial charge in [-0.15, -0.1) is 34.2 Å². The Morgan fingerprint density at radius 2 is 2.04 bits per heavy atom. The molecular formula is C17H30IN7O2. The first kappa shape index (κ1) is 21.7. The number of aromatic nitrogens is 3. The SMILES string of the molecule is CCNC(=NCc1nnc2n1CCC2)NC1CCN(C(=O)OCC)CC1.I. The quantitative estimate of drug-likeness (QED) is 0.369. The number of carbonyl (C=O) groups excluding carboxylic acids is 1. The molecule has 0 radical (unpaired) electrons. The third-order valence-corrected chi connectivity index (χ3v) is 4.77. The van der Waals surface area contributed by atoms with Gasteiger partial charge in [0.25, 0.3) is 0 Å². The number of nitrogens with one attached hydrogen (secondary N) is 2. The lowest BCUT2D eigenvalue weighted by Gasteiger charge is -2.32. The van der Waals surface area contributed by atoms with Crippen LogP contribution in [0, 0.1) is 0 Å². The van der Waals surface area contributed by atoms with E-state index in [1.807, 2.05) is 6.92 Å². The van der Waals surface area contributed by atoms with E-state index in [0.717, 1.165) is 56.4 Å². The lowest BCUT2D eigenvalue weighted by atomic mass is 10.1. The molecule has 2 N–H and O–H groups in total. The van der Waals surface area contributed by atoms with Crippen LogP contribution < -0.4 is 10.6 Å². The number of carbonyl (C=O) groups is 1. The lowest BCUT2D eigenvalue weighted by Crippen LogP contribution is -2.49. The highest BCUT2D eigenvalue weighted by atomic mass is 127. The van der Waals surface area contributed by atoms with Crippen LogP contribution >= 0.6 is 24.0 Å². The average Bonchev–Trinajstić information content (AvgIpc) is 3.25. The van der Waals surface area contributed by atoms with E-state index in [1.165, 1.54) is 0 Å². The molecule has 2 aliphatic heterocycles. The number of nitrogens with zero attached hydrogens (tertiary/aromatic N) is 5. The minimum atomic E-state index is -0.216. The van der Waals surface area contributed by atoms with Gasteiger partial charge in [0.2, 0.25) is 0 Å². The topological polar surface area (TPSA) is 96.7 Å². The number of hydrogen-bond donors (Lipinski definition) is 2. The molecule has 10 heteroatoms. The van der Waals surface area contributed by atoms with Gasteiger partial charge in [-0.25, -0.2) is 9.79 Å². The van der Waals surface area contributed by atoms with Crippen LogP contribution in [0.3, 0.4) is 0 Å². The number of fused-ring (bicyclic) bond motifs is 1. The van der Waals surface area contributed by atoms with Crippen LogP contribution in [-0.2, 0) is 24.2 Å². The van der Waals surface area contributed by atoms with Crippen molar-refractivity contribution < 1.29 is 9.53 Å². The molecule has 1 saturated heterocycles. The molecule has 2 aliphatic rings. The summed E-state index contributed by atoms with van der Waals surface area (Å²) in [6.07, 6.45) is 3.69. The molecule has 0 aliphatic carbocycles. The first-order valence-corrected chi connectivity index (χ1v) is 9.58. The molecule has 1 aromatic heterocycles. The number of aliphatic imine (C=N–C) groups is 1. The van der Waals surface area contributed by atoms with Crippen LogP contribution in [0.4, 0.5) is 4.79 Å². The molecule has 0 aromatic carbocycles. The fraction of sp³-hybridized carbons (Fsp3) is 0.765. The lowest BCUT2D eigenvalue weighted by molar-refractivity contribution is 0.0963. The molecule has 1 fully saturated rings. The summed E-state index contributed by atoms with van der Waals surface area (Å²) in [6.45, 7) is 8.01. The van der Waals surface area contributed by atoms with E-state index >= 15 is 0 Å². The Morgan fingerprint density at radius 3 is 2.74 bits per heavy atom. The average molecular weight is 491 g/mol. The Morgan fingerprint density at radius 1 is 1.26 bits per heavy atom. The van der Waals surface area contributed by atoms with Crippen LogP contribution in [0.1, 0.15) is 44.8 Å². The number of ether oxygens (including phenoxy) is 1. The van der Waals surface area contributed by atoms with Crippen molar-refractivity contribution >= 4 is 36.0 Å². The summed E-state index contributed by atoms with van der Waals surface area (Å²) in [5, 5.41) is 15.3. The number of amides is 1. The van der Waals surface area contributed by atoms with Gasteiger partial charge in [0.05, 0.1) is 6.61 Å². The van der Waals surface area contributed by atoms with E-state index in [0.29, 0.717) is 32.3 Å². The van der Waals surface area contributed by atoms with E-state index in [4.69, 9.17) is 4.74 Å². The van der Waals surface area contributed by atoms with Crippen LogP contribution in [-0.4, -0.2) is 64.0 Å². The summed E-state index contributed by atoms with van der Waals surface area (Å²) in [7, 11) is 0. The molecule has 0 atom stereocenters. The zero-order chi connectivity index (χ0) is 18.4. The number of aryl methyl sites for hydroxylation is 1. The van der Waals surface area contributed by atoms with Gasteiger partial charge in [-0.2, -0.15) is 0 Å². The van der Waals surface area contributed by atoms with Crippen LogP contribution in [0.2, 0.25) is 0 Å². The number of guanidine groups is 1. The molecule has 3 heterocycles. The van der Waals surface area contributed by atoms with Gasteiger partial charge in [0, 0.05) is 38.6 Å². The second kappa shape index (κ2) is 10.7. The zero-order valence-corrected chi connectivity index (χ0v) is 18.4.